The zero-order valence-corrected chi connectivity index (χ0v) is 10.7. The lowest BCUT2D eigenvalue weighted by Crippen LogP contribution is -2.40. The summed E-state index contributed by atoms with van der Waals surface area (Å²) in [4.78, 5) is 0. The van der Waals surface area contributed by atoms with Crippen LogP contribution in [0.25, 0.3) is 0 Å². The maximum atomic E-state index is 3.72. The molecule has 1 aliphatic carbocycles. The third-order valence-electron chi connectivity index (χ3n) is 3.42. The summed E-state index contributed by atoms with van der Waals surface area (Å²) < 4.78 is 0. The molecule has 0 saturated heterocycles. The molecule has 15 heavy (non-hydrogen) atoms. The van der Waals surface area contributed by atoms with E-state index in [1.54, 1.807) is 0 Å². The fraction of sp³-hybridized carbons (Fsp3) is 1.00. The molecule has 2 heteroatoms. The van der Waals surface area contributed by atoms with Crippen molar-refractivity contribution in [1.29, 1.82) is 0 Å². The predicted molar refractivity (Wildman–Crippen MR) is 67.2 cm³/mol. The lowest BCUT2D eigenvalue weighted by atomic mass is 10.0. The molecule has 0 radical (unpaired) electrons. The van der Waals surface area contributed by atoms with Gasteiger partial charge in [0.15, 0.2) is 0 Å². The fourth-order valence-corrected chi connectivity index (χ4v) is 2.36. The first kappa shape index (κ1) is 13.0. The van der Waals surface area contributed by atoms with Crippen LogP contribution >= 0.6 is 0 Å². The smallest absolute Gasteiger partial charge is 0.0153 e. The van der Waals surface area contributed by atoms with Crippen molar-refractivity contribution in [1.82, 2.24) is 10.6 Å². The van der Waals surface area contributed by atoms with Crippen molar-refractivity contribution in [2.75, 3.05) is 13.1 Å². The first-order chi connectivity index (χ1) is 7.12. The highest BCUT2D eigenvalue weighted by molar-refractivity contribution is 4.87. The summed E-state index contributed by atoms with van der Waals surface area (Å²) in [5.41, 5.74) is 0.464. The van der Waals surface area contributed by atoms with Crippen LogP contribution < -0.4 is 10.6 Å². The second kappa shape index (κ2) is 6.49. The van der Waals surface area contributed by atoms with Crippen LogP contribution in [0.2, 0.25) is 0 Å². The van der Waals surface area contributed by atoms with E-state index in [1.807, 2.05) is 0 Å². The summed E-state index contributed by atoms with van der Waals surface area (Å²) in [6.07, 6.45) is 8.17. The standard InChI is InChI=1S/C13H28N2/c1-12(2)14-10-6-7-11-15-13(3)8-4-5-9-13/h12,14-15H,4-11H2,1-3H3. The Labute approximate surface area is 95.2 Å². The highest BCUT2D eigenvalue weighted by atomic mass is 15.0. The molecule has 0 unspecified atom stereocenters. The Morgan fingerprint density at radius 2 is 1.67 bits per heavy atom. The van der Waals surface area contributed by atoms with Crippen LogP contribution in [0.1, 0.15) is 59.3 Å². The van der Waals surface area contributed by atoms with Gasteiger partial charge in [0, 0.05) is 11.6 Å². The van der Waals surface area contributed by atoms with Gasteiger partial charge in [-0.1, -0.05) is 26.7 Å². The van der Waals surface area contributed by atoms with Crippen molar-refractivity contribution in [3.8, 4) is 0 Å². The van der Waals surface area contributed by atoms with Crippen molar-refractivity contribution in [3.63, 3.8) is 0 Å². The minimum absolute atomic E-state index is 0.464. The summed E-state index contributed by atoms with van der Waals surface area (Å²) in [7, 11) is 0. The zero-order chi connectivity index (χ0) is 11.1. The molecule has 1 rings (SSSR count). The molecule has 1 aliphatic rings. The molecule has 0 aromatic rings. The van der Waals surface area contributed by atoms with E-state index >= 15 is 0 Å². The van der Waals surface area contributed by atoms with Gasteiger partial charge >= 0.3 is 0 Å². The van der Waals surface area contributed by atoms with Crippen molar-refractivity contribution in [2.45, 2.75) is 70.9 Å². The molecule has 0 aromatic heterocycles. The van der Waals surface area contributed by atoms with Crippen LogP contribution in [0, 0.1) is 0 Å². The van der Waals surface area contributed by atoms with Gasteiger partial charge in [-0.3, -0.25) is 0 Å². The normalized spacial score (nSPS) is 20.0. The summed E-state index contributed by atoms with van der Waals surface area (Å²) >= 11 is 0. The molecule has 0 spiro atoms. The molecule has 0 aromatic carbocycles. The van der Waals surface area contributed by atoms with Crippen LogP contribution in [0.3, 0.4) is 0 Å². The minimum Gasteiger partial charge on any atom is -0.315 e. The third kappa shape index (κ3) is 5.53. The largest absolute Gasteiger partial charge is 0.315 e. The van der Waals surface area contributed by atoms with Crippen molar-refractivity contribution >= 4 is 0 Å². The van der Waals surface area contributed by atoms with Gasteiger partial charge in [0.05, 0.1) is 0 Å². The van der Waals surface area contributed by atoms with Crippen molar-refractivity contribution in [3.05, 3.63) is 0 Å². The van der Waals surface area contributed by atoms with Crippen LogP contribution in [0.5, 0.6) is 0 Å². The monoisotopic (exact) mass is 212 g/mol. The van der Waals surface area contributed by atoms with Gasteiger partial charge in [0.2, 0.25) is 0 Å². The van der Waals surface area contributed by atoms with Gasteiger partial charge in [-0.25, -0.2) is 0 Å². The van der Waals surface area contributed by atoms with E-state index in [9.17, 15) is 0 Å². The van der Waals surface area contributed by atoms with Gasteiger partial charge in [-0.05, 0) is 45.7 Å². The summed E-state index contributed by atoms with van der Waals surface area (Å²) in [6.45, 7) is 9.15. The number of unbranched alkanes of at least 4 members (excludes halogenated alkanes) is 1. The molecule has 2 nitrogen and oxygen atoms in total. The van der Waals surface area contributed by atoms with E-state index in [0.717, 1.165) is 6.54 Å². The van der Waals surface area contributed by atoms with Gasteiger partial charge < -0.3 is 10.6 Å². The topological polar surface area (TPSA) is 24.1 Å². The maximum absolute atomic E-state index is 3.72. The Balaban J connectivity index is 1.92. The molecule has 0 bridgehead atoms. The number of hydrogen-bond donors (Lipinski definition) is 2. The Morgan fingerprint density at radius 3 is 2.27 bits per heavy atom. The summed E-state index contributed by atoms with van der Waals surface area (Å²) in [5.74, 6) is 0. The lowest BCUT2D eigenvalue weighted by molar-refractivity contribution is 0.359. The molecular formula is C13H28N2. The number of nitrogens with one attached hydrogen (secondary N) is 2. The van der Waals surface area contributed by atoms with Crippen LogP contribution in [-0.4, -0.2) is 24.7 Å². The maximum Gasteiger partial charge on any atom is 0.0153 e. The fourth-order valence-electron chi connectivity index (χ4n) is 2.36. The van der Waals surface area contributed by atoms with Gasteiger partial charge in [0.25, 0.3) is 0 Å². The van der Waals surface area contributed by atoms with Crippen molar-refractivity contribution in [2.24, 2.45) is 0 Å². The number of rotatable bonds is 7. The first-order valence-corrected chi connectivity index (χ1v) is 6.61. The Hall–Kier alpha value is -0.0800. The van der Waals surface area contributed by atoms with Gasteiger partial charge in [-0.15, -0.1) is 0 Å². The number of hydrogen-bond acceptors (Lipinski definition) is 2. The predicted octanol–water partition coefficient (Wildman–Crippen LogP) is 2.69. The van der Waals surface area contributed by atoms with Crippen molar-refractivity contribution < 1.29 is 0 Å². The Bertz CT molecular complexity index is 160. The molecule has 0 atom stereocenters. The molecule has 0 heterocycles. The van der Waals surface area contributed by atoms with E-state index in [2.05, 4.69) is 31.4 Å². The van der Waals surface area contributed by atoms with E-state index in [0.29, 0.717) is 11.6 Å². The SMILES string of the molecule is CC(C)NCCCCNC1(C)CCCC1. The second-order valence-electron chi connectivity index (χ2n) is 5.51. The van der Waals surface area contributed by atoms with E-state index in [-0.39, 0.29) is 0 Å². The first-order valence-electron chi connectivity index (χ1n) is 6.61. The Morgan fingerprint density at radius 1 is 1.07 bits per heavy atom. The lowest BCUT2D eigenvalue weighted by Gasteiger charge is -2.25. The van der Waals surface area contributed by atoms with E-state index in [4.69, 9.17) is 0 Å². The van der Waals surface area contributed by atoms with Gasteiger partial charge in [-0.2, -0.15) is 0 Å². The van der Waals surface area contributed by atoms with Crippen LogP contribution in [0.4, 0.5) is 0 Å². The average Bonchev–Trinajstić information content (AvgIpc) is 2.58. The Kier molecular flexibility index (Phi) is 5.62. The highest BCUT2D eigenvalue weighted by Crippen LogP contribution is 2.28. The molecule has 90 valence electrons. The molecule has 1 saturated carbocycles. The highest BCUT2D eigenvalue weighted by Gasteiger charge is 2.27. The second-order valence-corrected chi connectivity index (χ2v) is 5.51. The quantitative estimate of drug-likeness (QED) is 0.634. The molecule has 0 aliphatic heterocycles. The average molecular weight is 212 g/mol. The molecule has 0 amide bonds. The molecular weight excluding hydrogens is 184 g/mol. The minimum atomic E-state index is 0.464. The zero-order valence-electron chi connectivity index (χ0n) is 10.7. The molecule has 2 N–H and O–H groups in total. The summed E-state index contributed by atoms with van der Waals surface area (Å²) in [6, 6.07) is 0.630. The van der Waals surface area contributed by atoms with Gasteiger partial charge in [0.1, 0.15) is 0 Å². The van der Waals surface area contributed by atoms with Crippen LogP contribution in [0.15, 0.2) is 0 Å². The molecule has 1 fully saturated rings. The van der Waals surface area contributed by atoms with E-state index in [1.165, 1.54) is 45.1 Å². The van der Waals surface area contributed by atoms with Crippen LogP contribution in [-0.2, 0) is 0 Å². The third-order valence-corrected chi connectivity index (χ3v) is 3.42. The van der Waals surface area contributed by atoms with E-state index < -0.39 is 0 Å². The summed E-state index contributed by atoms with van der Waals surface area (Å²) in [5, 5.41) is 7.17.